The maximum atomic E-state index is 8.79. The summed E-state index contributed by atoms with van der Waals surface area (Å²) in [6, 6.07) is 9.65. The highest BCUT2D eigenvalue weighted by molar-refractivity contribution is 7.09. The van der Waals surface area contributed by atoms with Gasteiger partial charge in [0.05, 0.1) is 11.6 Å². The topological polar surface area (TPSA) is 61.6 Å². The average molecular weight is 244 g/mol. The molecule has 0 aliphatic heterocycles. The minimum absolute atomic E-state index is 0.661. The molecule has 2 aromatic rings. The lowest BCUT2D eigenvalue weighted by atomic mass is 10.1. The molecule has 17 heavy (non-hydrogen) atoms. The molecule has 0 amide bonds. The van der Waals surface area contributed by atoms with Crippen molar-refractivity contribution in [3.63, 3.8) is 0 Å². The molecule has 1 N–H and O–H groups in total. The van der Waals surface area contributed by atoms with Crippen LogP contribution in [-0.2, 0) is 13.0 Å². The van der Waals surface area contributed by atoms with Gasteiger partial charge in [-0.2, -0.15) is 9.64 Å². The molecule has 1 aromatic carbocycles. The van der Waals surface area contributed by atoms with E-state index in [1.165, 1.54) is 11.5 Å². The van der Waals surface area contributed by atoms with Gasteiger partial charge in [-0.15, -0.1) is 0 Å². The lowest BCUT2D eigenvalue weighted by Crippen LogP contribution is -1.99. The first-order chi connectivity index (χ1) is 8.31. The lowest BCUT2D eigenvalue weighted by Gasteiger charge is -2.02. The average Bonchev–Trinajstić information content (AvgIpc) is 2.84. The zero-order valence-corrected chi connectivity index (χ0v) is 10.3. The summed E-state index contributed by atoms with van der Waals surface area (Å²) in [6.45, 7) is 2.69. The highest BCUT2D eigenvalue weighted by atomic mass is 32.1. The Balaban J connectivity index is 1.99. The van der Waals surface area contributed by atoms with Crippen molar-refractivity contribution in [3.05, 3.63) is 41.2 Å². The van der Waals surface area contributed by atoms with Crippen LogP contribution >= 0.6 is 11.5 Å². The van der Waals surface area contributed by atoms with Crippen molar-refractivity contribution in [2.45, 2.75) is 19.9 Å². The predicted molar refractivity (Wildman–Crippen MR) is 67.8 cm³/mol. The SMILES string of the molecule is CCc1nsc(NCc2cccc(C#N)c2)n1. The van der Waals surface area contributed by atoms with Gasteiger partial charge in [0.25, 0.3) is 0 Å². The third-order valence-electron chi connectivity index (χ3n) is 2.28. The van der Waals surface area contributed by atoms with E-state index in [1.807, 2.05) is 25.1 Å². The van der Waals surface area contributed by atoms with Gasteiger partial charge in [0.2, 0.25) is 5.13 Å². The number of hydrogen-bond acceptors (Lipinski definition) is 5. The van der Waals surface area contributed by atoms with Crippen molar-refractivity contribution in [1.82, 2.24) is 9.36 Å². The number of anilines is 1. The molecule has 0 unspecified atom stereocenters. The quantitative estimate of drug-likeness (QED) is 0.898. The number of nitrogens with one attached hydrogen (secondary N) is 1. The summed E-state index contributed by atoms with van der Waals surface area (Å²) in [7, 11) is 0. The fraction of sp³-hybridized carbons (Fsp3) is 0.250. The fourth-order valence-corrected chi connectivity index (χ4v) is 2.04. The van der Waals surface area contributed by atoms with E-state index in [0.29, 0.717) is 12.1 Å². The van der Waals surface area contributed by atoms with Crippen LogP contribution in [0.1, 0.15) is 23.9 Å². The Labute approximate surface area is 104 Å². The first-order valence-electron chi connectivity index (χ1n) is 5.37. The van der Waals surface area contributed by atoms with E-state index in [-0.39, 0.29) is 0 Å². The second-order valence-corrected chi connectivity index (χ2v) is 4.29. The Morgan fingerprint density at radius 1 is 1.47 bits per heavy atom. The largest absolute Gasteiger partial charge is 0.356 e. The molecule has 0 aliphatic rings. The highest BCUT2D eigenvalue weighted by Crippen LogP contribution is 2.13. The molecule has 0 bridgehead atoms. The van der Waals surface area contributed by atoms with Crippen molar-refractivity contribution in [2.75, 3.05) is 5.32 Å². The first-order valence-corrected chi connectivity index (χ1v) is 6.14. The fourth-order valence-electron chi connectivity index (χ4n) is 1.40. The summed E-state index contributed by atoms with van der Waals surface area (Å²) in [6.07, 6.45) is 0.849. The molecule has 0 fully saturated rings. The van der Waals surface area contributed by atoms with Gasteiger partial charge < -0.3 is 5.32 Å². The Morgan fingerprint density at radius 2 is 2.35 bits per heavy atom. The molecule has 0 atom stereocenters. The van der Waals surface area contributed by atoms with Crippen molar-refractivity contribution in [1.29, 1.82) is 5.26 Å². The van der Waals surface area contributed by atoms with Crippen LogP contribution in [0.4, 0.5) is 5.13 Å². The molecule has 86 valence electrons. The summed E-state index contributed by atoms with van der Waals surface area (Å²) in [5, 5.41) is 12.8. The van der Waals surface area contributed by atoms with Crippen LogP contribution < -0.4 is 5.32 Å². The molecule has 2 rings (SSSR count). The minimum atomic E-state index is 0.661. The van der Waals surface area contributed by atoms with E-state index < -0.39 is 0 Å². The zero-order valence-electron chi connectivity index (χ0n) is 9.47. The van der Waals surface area contributed by atoms with E-state index in [1.54, 1.807) is 6.07 Å². The highest BCUT2D eigenvalue weighted by Gasteiger charge is 2.01. The third kappa shape index (κ3) is 3.02. The zero-order chi connectivity index (χ0) is 12.1. The van der Waals surface area contributed by atoms with Crippen LogP contribution in [0.15, 0.2) is 24.3 Å². The number of benzene rings is 1. The maximum absolute atomic E-state index is 8.79. The molecule has 1 aromatic heterocycles. The third-order valence-corrected chi connectivity index (χ3v) is 2.99. The summed E-state index contributed by atoms with van der Waals surface area (Å²) in [5.41, 5.74) is 1.74. The molecule has 4 nitrogen and oxygen atoms in total. The molecule has 0 saturated carbocycles. The van der Waals surface area contributed by atoms with Gasteiger partial charge in [0, 0.05) is 24.5 Å². The van der Waals surface area contributed by atoms with Gasteiger partial charge in [-0.25, -0.2) is 4.98 Å². The van der Waals surface area contributed by atoms with Crippen LogP contribution in [0.5, 0.6) is 0 Å². The Kier molecular flexibility index (Phi) is 3.68. The van der Waals surface area contributed by atoms with Gasteiger partial charge in [-0.3, -0.25) is 0 Å². The molecule has 1 heterocycles. The second kappa shape index (κ2) is 5.41. The van der Waals surface area contributed by atoms with Crippen LogP contribution in [0.3, 0.4) is 0 Å². The van der Waals surface area contributed by atoms with Crippen LogP contribution in [0.25, 0.3) is 0 Å². The summed E-state index contributed by atoms with van der Waals surface area (Å²) in [4.78, 5) is 4.32. The normalized spacial score (nSPS) is 9.88. The molecular formula is C12H12N4S. The standard InChI is InChI=1S/C12H12N4S/c1-2-11-15-12(17-16-11)14-8-10-5-3-4-9(6-10)7-13/h3-6H,2,8H2,1H3,(H,14,15,16). The van der Waals surface area contributed by atoms with E-state index in [4.69, 9.17) is 5.26 Å². The van der Waals surface area contributed by atoms with Crippen molar-refractivity contribution < 1.29 is 0 Å². The molecule has 0 radical (unpaired) electrons. The molecular weight excluding hydrogens is 232 g/mol. The number of nitriles is 1. The van der Waals surface area contributed by atoms with Gasteiger partial charge in [0.1, 0.15) is 5.82 Å². The predicted octanol–water partition coefficient (Wildman–Crippen LogP) is 2.58. The van der Waals surface area contributed by atoms with Crippen molar-refractivity contribution in [2.24, 2.45) is 0 Å². The molecule has 0 spiro atoms. The minimum Gasteiger partial charge on any atom is -0.356 e. The first kappa shape index (κ1) is 11.6. The lowest BCUT2D eigenvalue weighted by molar-refractivity contribution is 0.993. The Morgan fingerprint density at radius 3 is 3.06 bits per heavy atom. The van der Waals surface area contributed by atoms with E-state index >= 15 is 0 Å². The van der Waals surface area contributed by atoms with E-state index in [9.17, 15) is 0 Å². The molecule has 0 aliphatic carbocycles. The summed E-state index contributed by atoms with van der Waals surface area (Å²) >= 11 is 1.37. The molecule has 0 saturated heterocycles. The van der Waals surface area contributed by atoms with Gasteiger partial charge in [-0.1, -0.05) is 19.1 Å². The van der Waals surface area contributed by atoms with Crippen LogP contribution in [-0.4, -0.2) is 9.36 Å². The van der Waals surface area contributed by atoms with E-state index in [2.05, 4.69) is 20.7 Å². The Hall–Kier alpha value is -1.93. The molecule has 5 heteroatoms. The van der Waals surface area contributed by atoms with Gasteiger partial charge in [0.15, 0.2) is 0 Å². The smallest absolute Gasteiger partial charge is 0.202 e. The number of nitrogens with zero attached hydrogens (tertiary/aromatic N) is 3. The van der Waals surface area contributed by atoms with Crippen molar-refractivity contribution >= 4 is 16.7 Å². The van der Waals surface area contributed by atoms with Gasteiger partial charge in [-0.05, 0) is 17.7 Å². The van der Waals surface area contributed by atoms with Crippen LogP contribution in [0.2, 0.25) is 0 Å². The summed E-state index contributed by atoms with van der Waals surface area (Å²) in [5.74, 6) is 0.864. The maximum Gasteiger partial charge on any atom is 0.202 e. The second-order valence-electron chi connectivity index (χ2n) is 3.54. The number of aromatic nitrogens is 2. The number of rotatable bonds is 4. The van der Waals surface area contributed by atoms with Crippen molar-refractivity contribution in [3.8, 4) is 6.07 Å². The number of aryl methyl sites for hydroxylation is 1. The van der Waals surface area contributed by atoms with Gasteiger partial charge >= 0.3 is 0 Å². The monoisotopic (exact) mass is 244 g/mol. The Bertz CT molecular complexity index is 541. The number of hydrogen-bond donors (Lipinski definition) is 1. The van der Waals surface area contributed by atoms with E-state index in [0.717, 1.165) is 22.9 Å². The van der Waals surface area contributed by atoms with Crippen LogP contribution in [0, 0.1) is 11.3 Å². The summed E-state index contributed by atoms with van der Waals surface area (Å²) < 4.78 is 4.20.